The molecule has 1 fully saturated rings. The SMILES string of the molecule is Cc1ccc(C(=O)O[C@@H](C)C(=O)NC2CCCCC2)c(C)c1. The Hall–Kier alpha value is -1.84. The van der Waals surface area contributed by atoms with Gasteiger partial charge in [-0.2, -0.15) is 0 Å². The van der Waals surface area contributed by atoms with Gasteiger partial charge in [-0.15, -0.1) is 0 Å². The van der Waals surface area contributed by atoms with E-state index >= 15 is 0 Å². The Labute approximate surface area is 132 Å². The predicted molar refractivity (Wildman–Crippen MR) is 85.8 cm³/mol. The Balaban J connectivity index is 1.91. The minimum absolute atomic E-state index is 0.204. The van der Waals surface area contributed by atoms with Crippen molar-refractivity contribution in [1.29, 1.82) is 0 Å². The highest BCUT2D eigenvalue weighted by atomic mass is 16.5. The molecule has 0 aliphatic heterocycles. The Morgan fingerprint density at radius 3 is 2.50 bits per heavy atom. The van der Waals surface area contributed by atoms with Crippen molar-refractivity contribution in [3.8, 4) is 0 Å². The number of benzene rings is 1. The highest BCUT2D eigenvalue weighted by Gasteiger charge is 2.23. The second kappa shape index (κ2) is 7.43. The first kappa shape index (κ1) is 16.5. The van der Waals surface area contributed by atoms with E-state index in [1.807, 2.05) is 26.0 Å². The number of esters is 1. The highest BCUT2D eigenvalue weighted by Crippen LogP contribution is 2.18. The van der Waals surface area contributed by atoms with Crippen LogP contribution in [0.4, 0.5) is 0 Å². The van der Waals surface area contributed by atoms with Crippen LogP contribution in [-0.4, -0.2) is 24.0 Å². The molecule has 0 aromatic heterocycles. The van der Waals surface area contributed by atoms with Gasteiger partial charge in [0.25, 0.3) is 5.91 Å². The van der Waals surface area contributed by atoms with Gasteiger partial charge in [-0.25, -0.2) is 4.79 Å². The molecule has 0 spiro atoms. The van der Waals surface area contributed by atoms with E-state index in [1.165, 1.54) is 6.42 Å². The molecule has 1 aliphatic carbocycles. The molecule has 1 amide bonds. The van der Waals surface area contributed by atoms with Crippen LogP contribution in [-0.2, 0) is 9.53 Å². The summed E-state index contributed by atoms with van der Waals surface area (Å²) in [5.41, 5.74) is 2.48. The van der Waals surface area contributed by atoms with E-state index in [0.717, 1.165) is 36.8 Å². The van der Waals surface area contributed by atoms with Crippen LogP contribution in [0.3, 0.4) is 0 Å². The topological polar surface area (TPSA) is 55.4 Å². The third kappa shape index (κ3) is 4.33. The number of ether oxygens (including phenoxy) is 1. The lowest BCUT2D eigenvalue weighted by Crippen LogP contribution is -2.42. The van der Waals surface area contributed by atoms with Crippen LogP contribution in [0.15, 0.2) is 18.2 Å². The van der Waals surface area contributed by atoms with Crippen LogP contribution in [0, 0.1) is 13.8 Å². The van der Waals surface area contributed by atoms with E-state index in [9.17, 15) is 9.59 Å². The number of aryl methyl sites for hydroxylation is 2. The molecule has 1 aromatic rings. The first-order chi connectivity index (χ1) is 10.5. The van der Waals surface area contributed by atoms with Crippen molar-refractivity contribution in [2.75, 3.05) is 0 Å². The van der Waals surface area contributed by atoms with E-state index < -0.39 is 12.1 Å². The van der Waals surface area contributed by atoms with E-state index in [-0.39, 0.29) is 11.9 Å². The van der Waals surface area contributed by atoms with Gasteiger partial charge >= 0.3 is 5.97 Å². The molecule has 0 unspecified atom stereocenters. The fourth-order valence-electron chi connectivity index (χ4n) is 2.89. The van der Waals surface area contributed by atoms with Crippen LogP contribution in [0.1, 0.15) is 60.5 Å². The van der Waals surface area contributed by atoms with Crippen molar-refractivity contribution in [2.45, 2.75) is 65.0 Å². The third-order valence-corrected chi connectivity index (χ3v) is 4.21. The normalized spacial score (nSPS) is 16.9. The Morgan fingerprint density at radius 1 is 1.18 bits per heavy atom. The summed E-state index contributed by atoms with van der Waals surface area (Å²) in [6.45, 7) is 5.47. The summed E-state index contributed by atoms with van der Waals surface area (Å²) >= 11 is 0. The van der Waals surface area contributed by atoms with Gasteiger partial charge in [0.05, 0.1) is 5.56 Å². The molecular formula is C18H25NO3. The smallest absolute Gasteiger partial charge is 0.339 e. The van der Waals surface area contributed by atoms with Crippen molar-refractivity contribution >= 4 is 11.9 Å². The van der Waals surface area contributed by atoms with Crippen molar-refractivity contribution in [3.05, 3.63) is 34.9 Å². The molecule has 1 aromatic carbocycles. The van der Waals surface area contributed by atoms with Gasteiger partial charge in [0, 0.05) is 6.04 Å². The van der Waals surface area contributed by atoms with Gasteiger partial charge in [0.2, 0.25) is 0 Å². The van der Waals surface area contributed by atoms with Gasteiger partial charge in [-0.05, 0) is 45.2 Å². The zero-order valence-corrected chi connectivity index (χ0v) is 13.6. The molecule has 1 atom stereocenters. The number of carbonyl (C=O) groups excluding carboxylic acids is 2. The van der Waals surface area contributed by atoms with Crippen LogP contribution in [0.2, 0.25) is 0 Å². The van der Waals surface area contributed by atoms with Crippen LogP contribution < -0.4 is 5.32 Å². The van der Waals surface area contributed by atoms with E-state index in [4.69, 9.17) is 4.74 Å². The molecular weight excluding hydrogens is 278 g/mol. The molecule has 0 heterocycles. The quantitative estimate of drug-likeness (QED) is 0.868. The average molecular weight is 303 g/mol. The predicted octanol–water partition coefficient (Wildman–Crippen LogP) is 3.30. The molecule has 1 aliphatic rings. The van der Waals surface area contributed by atoms with Crippen molar-refractivity contribution in [1.82, 2.24) is 5.32 Å². The number of hydrogen-bond acceptors (Lipinski definition) is 3. The largest absolute Gasteiger partial charge is 0.449 e. The molecule has 22 heavy (non-hydrogen) atoms. The van der Waals surface area contributed by atoms with E-state index in [2.05, 4.69) is 5.32 Å². The zero-order chi connectivity index (χ0) is 16.1. The lowest BCUT2D eigenvalue weighted by atomic mass is 9.95. The van der Waals surface area contributed by atoms with Crippen molar-refractivity contribution < 1.29 is 14.3 Å². The first-order valence-corrected chi connectivity index (χ1v) is 8.06. The maximum absolute atomic E-state index is 12.2. The Kier molecular flexibility index (Phi) is 5.58. The van der Waals surface area contributed by atoms with E-state index in [0.29, 0.717) is 5.56 Å². The minimum Gasteiger partial charge on any atom is -0.449 e. The van der Waals surface area contributed by atoms with Gasteiger partial charge in [0.15, 0.2) is 6.10 Å². The lowest BCUT2D eigenvalue weighted by Gasteiger charge is -2.24. The second-order valence-corrected chi connectivity index (χ2v) is 6.21. The van der Waals surface area contributed by atoms with Crippen molar-refractivity contribution in [2.24, 2.45) is 0 Å². The van der Waals surface area contributed by atoms with Gasteiger partial charge in [0.1, 0.15) is 0 Å². The summed E-state index contributed by atoms with van der Waals surface area (Å²) in [5, 5.41) is 2.98. The fourth-order valence-corrected chi connectivity index (χ4v) is 2.89. The number of nitrogens with one attached hydrogen (secondary N) is 1. The maximum Gasteiger partial charge on any atom is 0.339 e. The fraction of sp³-hybridized carbons (Fsp3) is 0.556. The Morgan fingerprint density at radius 2 is 1.86 bits per heavy atom. The molecule has 0 bridgehead atoms. The van der Waals surface area contributed by atoms with Gasteiger partial charge in [-0.3, -0.25) is 4.79 Å². The molecule has 1 saturated carbocycles. The monoisotopic (exact) mass is 303 g/mol. The summed E-state index contributed by atoms with van der Waals surface area (Å²) < 4.78 is 5.31. The summed E-state index contributed by atoms with van der Waals surface area (Å²) in [4.78, 5) is 24.3. The lowest BCUT2D eigenvalue weighted by molar-refractivity contribution is -0.130. The van der Waals surface area contributed by atoms with Crippen LogP contribution >= 0.6 is 0 Å². The summed E-state index contributed by atoms with van der Waals surface area (Å²) in [6.07, 6.45) is 4.81. The van der Waals surface area contributed by atoms with E-state index in [1.54, 1.807) is 13.0 Å². The van der Waals surface area contributed by atoms with Gasteiger partial charge in [-0.1, -0.05) is 37.0 Å². The molecule has 0 saturated heterocycles. The standard InChI is InChI=1S/C18H25NO3/c1-12-9-10-16(13(2)11-12)18(21)22-14(3)17(20)19-15-7-5-4-6-8-15/h9-11,14-15H,4-8H2,1-3H3,(H,19,20)/t14-/m0/s1. The molecule has 4 heteroatoms. The number of hydrogen-bond donors (Lipinski definition) is 1. The first-order valence-electron chi connectivity index (χ1n) is 8.06. The zero-order valence-electron chi connectivity index (χ0n) is 13.6. The van der Waals surface area contributed by atoms with Crippen LogP contribution in [0.5, 0.6) is 0 Å². The second-order valence-electron chi connectivity index (χ2n) is 6.21. The van der Waals surface area contributed by atoms with Gasteiger partial charge < -0.3 is 10.1 Å². The number of rotatable bonds is 4. The summed E-state index contributed by atoms with van der Waals surface area (Å²) in [6, 6.07) is 5.78. The molecule has 0 radical (unpaired) electrons. The number of carbonyl (C=O) groups is 2. The molecule has 120 valence electrons. The minimum atomic E-state index is -0.768. The Bertz CT molecular complexity index is 547. The number of amides is 1. The molecule has 4 nitrogen and oxygen atoms in total. The van der Waals surface area contributed by atoms with Crippen molar-refractivity contribution in [3.63, 3.8) is 0 Å². The molecule has 2 rings (SSSR count). The summed E-state index contributed by atoms with van der Waals surface area (Å²) in [5.74, 6) is -0.645. The maximum atomic E-state index is 12.2. The third-order valence-electron chi connectivity index (χ3n) is 4.21. The average Bonchev–Trinajstić information content (AvgIpc) is 2.47. The highest BCUT2D eigenvalue weighted by molar-refractivity contribution is 5.93. The summed E-state index contributed by atoms with van der Waals surface area (Å²) in [7, 11) is 0. The molecule has 1 N–H and O–H groups in total. The van der Waals surface area contributed by atoms with Crippen LogP contribution in [0.25, 0.3) is 0 Å².